The molecule has 0 spiro atoms. The fourth-order valence-corrected chi connectivity index (χ4v) is 5.02. The number of hydrogen-bond acceptors (Lipinski definition) is 7. The van der Waals surface area contributed by atoms with Gasteiger partial charge in [-0.3, -0.25) is 9.59 Å². The van der Waals surface area contributed by atoms with Gasteiger partial charge in [-0.15, -0.1) is 0 Å². The minimum absolute atomic E-state index is 0.0917. The lowest BCUT2D eigenvalue weighted by Crippen LogP contribution is -2.46. The van der Waals surface area contributed by atoms with E-state index in [1.807, 2.05) is 6.92 Å². The lowest BCUT2D eigenvalue weighted by molar-refractivity contribution is -0.139. The van der Waals surface area contributed by atoms with E-state index in [1.165, 1.54) is 24.8 Å². The normalized spacial score (nSPS) is 15.0. The summed E-state index contributed by atoms with van der Waals surface area (Å²) in [5.74, 6) is -2.93. The molecule has 0 unspecified atom stereocenters. The number of benzene rings is 2. The molecule has 1 atom stereocenters. The van der Waals surface area contributed by atoms with Gasteiger partial charge in [-0.25, -0.2) is 17.6 Å². The first-order valence-corrected chi connectivity index (χ1v) is 13.3. The first kappa shape index (κ1) is 30.8. The van der Waals surface area contributed by atoms with E-state index in [1.54, 1.807) is 18.2 Å². The Morgan fingerprint density at radius 3 is 2.52 bits per heavy atom. The number of nitrogens with one attached hydrogen (secondary N) is 1. The lowest BCUT2D eigenvalue weighted by atomic mass is 9.84. The molecule has 0 saturated heterocycles. The van der Waals surface area contributed by atoms with Gasteiger partial charge in [-0.05, 0) is 53.9 Å². The summed E-state index contributed by atoms with van der Waals surface area (Å²) in [5.41, 5.74) is -0.599. The summed E-state index contributed by atoms with van der Waals surface area (Å²) in [6.07, 6.45) is -2.60. The highest BCUT2D eigenvalue weighted by atomic mass is 19.3. The number of rotatable bonds is 11. The van der Waals surface area contributed by atoms with Crippen LogP contribution in [0.15, 0.2) is 40.9 Å². The van der Waals surface area contributed by atoms with Crippen molar-refractivity contribution in [2.24, 2.45) is 0 Å². The third kappa shape index (κ3) is 7.01. The van der Waals surface area contributed by atoms with Gasteiger partial charge in [0.15, 0.2) is 0 Å². The van der Waals surface area contributed by atoms with Crippen molar-refractivity contribution in [2.45, 2.75) is 51.5 Å². The van der Waals surface area contributed by atoms with Crippen LogP contribution in [0.2, 0.25) is 0 Å². The maximum atomic E-state index is 15.2. The molecule has 0 saturated carbocycles. The second-order valence-corrected chi connectivity index (χ2v) is 10.5. The third-order valence-corrected chi connectivity index (χ3v) is 6.79. The molecule has 13 heteroatoms. The van der Waals surface area contributed by atoms with Gasteiger partial charge in [0.2, 0.25) is 5.91 Å². The minimum atomic E-state index is -2.72. The fraction of sp³-hybridized carbons (Fsp3) is 0.414. The van der Waals surface area contributed by atoms with E-state index in [2.05, 4.69) is 10.5 Å². The van der Waals surface area contributed by atoms with Crippen LogP contribution in [0.1, 0.15) is 49.3 Å². The first-order chi connectivity index (χ1) is 19.9. The van der Waals surface area contributed by atoms with Crippen molar-refractivity contribution in [3.8, 4) is 11.6 Å². The van der Waals surface area contributed by atoms with Crippen LogP contribution in [0, 0.1) is 11.6 Å². The van der Waals surface area contributed by atoms with Crippen molar-refractivity contribution in [1.29, 1.82) is 0 Å². The Morgan fingerprint density at radius 1 is 1.19 bits per heavy atom. The molecule has 2 aromatic carbocycles. The molecule has 2 heterocycles. The predicted molar refractivity (Wildman–Crippen MR) is 142 cm³/mol. The predicted octanol–water partition coefficient (Wildman–Crippen LogP) is 4.92. The van der Waals surface area contributed by atoms with Crippen LogP contribution in [0.4, 0.5) is 23.2 Å². The van der Waals surface area contributed by atoms with E-state index in [0.717, 1.165) is 17.7 Å². The maximum Gasteiger partial charge on any atom is 0.261 e. The van der Waals surface area contributed by atoms with E-state index in [0.29, 0.717) is 24.3 Å². The monoisotopic (exact) mass is 593 g/mol. The number of fused-ring (bicyclic) bond motifs is 1. The molecule has 2 N–H and O–H groups in total. The summed E-state index contributed by atoms with van der Waals surface area (Å²) in [4.78, 5) is 28.3. The third-order valence-electron chi connectivity index (χ3n) is 6.79. The van der Waals surface area contributed by atoms with Gasteiger partial charge in [-0.1, -0.05) is 19.9 Å². The number of nitrogens with zero attached hydrogens (tertiary/aromatic N) is 2. The number of aromatic nitrogens is 1. The van der Waals surface area contributed by atoms with Gasteiger partial charge in [0.1, 0.15) is 35.8 Å². The summed E-state index contributed by atoms with van der Waals surface area (Å²) < 4.78 is 70.7. The Bertz CT molecular complexity index is 1420. The van der Waals surface area contributed by atoms with E-state index in [-0.39, 0.29) is 36.6 Å². The van der Waals surface area contributed by atoms with Gasteiger partial charge in [0.05, 0.1) is 19.6 Å². The molecule has 9 nitrogen and oxygen atoms in total. The largest absolute Gasteiger partial charge is 0.494 e. The molecule has 0 radical (unpaired) electrons. The summed E-state index contributed by atoms with van der Waals surface area (Å²) >= 11 is 0. The molecule has 4 rings (SSSR count). The van der Waals surface area contributed by atoms with Crippen molar-refractivity contribution >= 4 is 17.5 Å². The minimum Gasteiger partial charge on any atom is -0.494 e. The van der Waals surface area contributed by atoms with Gasteiger partial charge >= 0.3 is 0 Å². The van der Waals surface area contributed by atoms with Gasteiger partial charge in [0, 0.05) is 29.3 Å². The highest BCUT2D eigenvalue weighted by Gasteiger charge is 2.37. The number of amides is 2. The number of ether oxygens (including phenoxy) is 2. The number of anilines is 1. The van der Waals surface area contributed by atoms with E-state index in [4.69, 9.17) is 14.0 Å². The smallest absolute Gasteiger partial charge is 0.261 e. The zero-order chi connectivity index (χ0) is 30.6. The Labute approximate surface area is 239 Å². The highest BCUT2D eigenvalue weighted by molar-refractivity contribution is 5.98. The number of aromatic hydroxyl groups is 1. The molecule has 1 aliphatic heterocycles. The quantitative estimate of drug-likeness (QED) is 0.303. The van der Waals surface area contributed by atoms with Gasteiger partial charge < -0.3 is 29.3 Å². The molecule has 42 heavy (non-hydrogen) atoms. The maximum absolute atomic E-state index is 15.2. The molecule has 3 aromatic rings. The van der Waals surface area contributed by atoms with Crippen molar-refractivity contribution in [2.75, 3.05) is 31.7 Å². The van der Waals surface area contributed by atoms with Gasteiger partial charge in [-0.2, -0.15) is 0 Å². The summed E-state index contributed by atoms with van der Waals surface area (Å²) in [5, 5.41) is 15.3. The van der Waals surface area contributed by atoms with Crippen molar-refractivity contribution in [1.82, 2.24) is 10.1 Å². The fourth-order valence-electron chi connectivity index (χ4n) is 5.02. The Kier molecular flexibility index (Phi) is 9.40. The van der Waals surface area contributed by atoms with Crippen LogP contribution in [-0.2, 0) is 32.6 Å². The van der Waals surface area contributed by atoms with Crippen LogP contribution in [-0.4, -0.2) is 59.8 Å². The lowest BCUT2D eigenvalue weighted by Gasteiger charge is -2.36. The molecular weight excluding hydrogens is 562 g/mol. The number of carbonyl (C=O) groups excluding carboxylic acids is 2. The first-order valence-electron chi connectivity index (χ1n) is 13.3. The molecular formula is C29H31F4N3O6. The number of alkyl halides is 2. The van der Waals surface area contributed by atoms with E-state index >= 15 is 8.78 Å². The number of hydrogen-bond donors (Lipinski definition) is 2. The average molecular weight is 594 g/mol. The van der Waals surface area contributed by atoms with Crippen LogP contribution in [0.3, 0.4) is 0 Å². The van der Waals surface area contributed by atoms with Crippen LogP contribution in [0.25, 0.3) is 0 Å². The van der Waals surface area contributed by atoms with Crippen molar-refractivity contribution in [3.63, 3.8) is 0 Å². The summed E-state index contributed by atoms with van der Waals surface area (Å²) in [6, 6.07) is 6.98. The topological polar surface area (TPSA) is 114 Å². The molecule has 0 fully saturated rings. The SMILES string of the molecule is CCOc1ccc2c(c1)CCN(C(=O)Cc1cc(O)no1)[C@H]2C(=O)Nc1cc(F)c(C(C)(C)COCC(F)F)c(F)c1. The molecule has 0 bridgehead atoms. The van der Waals surface area contributed by atoms with Crippen molar-refractivity contribution < 1.29 is 46.3 Å². The summed E-state index contributed by atoms with van der Waals surface area (Å²) in [7, 11) is 0. The van der Waals surface area contributed by atoms with E-state index in [9.17, 15) is 23.5 Å². The average Bonchev–Trinajstić information content (AvgIpc) is 3.31. The highest BCUT2D eigenvalue weighted by Crippen LogP contribution is 2.35. The standard InChI is InChI=1S/C29H31F4N3O6/c1-4-41-18-5-6-20-16(9-18)7-8-36(25(38)13-19-12-24(37)35-42-19)27(20)28(39)34-17-10-21(30)26(22(31)11-17)29(2,3)15-40-14-23(32)33/h5-6,9-12,23,27H,4,7-8,13-15H2,1-3H3,(H,34,39)(H,35,37)/t27-/m1/s1. The second-order valence-electron chi connectivity index (χ2n) is 10.5. The van der Waals surface area contributed by atoms with E-state index < -0.39 is 53.8 Å². The zero-order valence-electron chi connectivity index (χ0n) is 23.3. The molecule has 226 valence electrons. The van der Waals surface area contributed by atoms with Crippen LogP contribution in [0.5, 0.6) is 11.6 Å². The van der Waals surface area contributed by atoms with Crippen LogP contribution >= 0.6 is 0 Å². The Morgan fingerprint density at radius 2 is 1.90 bits per heavy atom. The molecule has 0 aliphatic carbocycles. The van der Waals surface area contributed by atoms with Crippen LogP contribution < -0.4 is 10.1 Å². The molecule has 2 amide bonds. The Balaban J connectivity index is 1.62. The number of halogens is 4. The van der Waals surface area contributed by atoms with Crippen molar-refractivity contribution in [3.05, 3.63) is 70.5 Å². The van der Waals surface area contributed by atoms with Gasteiger partial charge in [0.25, 0.3) is 18.2 Å². The molecule has 1 aromatic heterocycles. The Hall–Kier alpha value is -4.13. The number of carbonyl (C=O) groups is 2. The summed E-state index contributed by atoms with van der Waals surface area (Å²) in [6.45, 7) is 4.07. The molecule has 1 aliphatic rings. The zero-order valence-corrected chi connectivity index (χ0v) is 23.3. The second kappa shape index (κ2) is 12.8.